The van der Waals surface area contributed by atoms with Crippen LogP contribution in [0.15, 0.2) is 30.5 Å². The van der Waals surface area contributed by atoms with Crippen molar-refractivity contribution in [2.45, 2.75) is 25.3 Å². The minimum atomic E-state index is -0.203. The van der Waals surface area contributed by atoms with Crippen molar-refractivity contribution in [2.24, 2.45) is 0 Å². The van der Waals surface area contributed by atoms with Gasteiger partial charge in [0, 0.05) is 25.1 Å². The third-order valence-electron chi connectivity index (χ3n) is 5.05. The summed E-state index contributed by atoms with van der Waals surface area (Å²) in [6.45, 7) is 6.22. The normalized spacial score (nSPS) is 19.8. The van der Waals surface area contributed by atoms with Gasteiger partial charge in [0.1, 0.15) is 18.8 Å². The Morgan fingerprint density at radius 2 is 2.07 bits per heavy atom. The standard InChI is InChI=1S/C20H27N5O2S/c1-20(7-10-22-20)18-23-19(28-24-18)25(2)11-3-8-21-9-6-15-4-5-16-17(14-15)27-13-12-26-16/h4-5,7,10,14,21-22H,3,6,8-9,11-13H2,1-2H3. The second-order valence-electron chi connectivity index (χ2n) is 7.33. The number of anilines is 1. The molecule has 1 aromatic carbocycles. The first kappa shape index (κ1) is 19.0. The van der Waals surface area contributed by atoms with Crippen LogP contribution in [0.1, 0.15) is 24.7 Å². The summed E-state index contributed by atoms with van der Waals surface area (Å²) < 4.78 is 15.7. The van der Waals surface area contributed by atoms with Crippen molar-refractivity contribution in [2.75, 3.05) is 44.8 Å². The van der Waals surface area contributed by atoms with E-state index >= 15 is 0 Å². The van der Waals surface area contributed by atoms with Gasteiger partial charge in [-0.3, -0.25) is 0 Å². The Bertz CT molecular complexity index is 840. The fourth-order valence-corrected chi connectivity index (χ4v) is 3.95. The highest BCUT2D eigenvalue weighted by Gasteiger charge is 2.32. The van der Waals surface area contributed by atoms with Gasteiger partial charge in [0.2, 0.25) is 5.13 Å². The molecule has 0 saturated carbocycles. The van der Waals surface area contributed by atoms with Gasteiger partial charge in [-0.05, 0) is 62.8 Å². The number of hydrogen-bond acceptors (Lipinski definition) is 8. The molecule has 2 N–H and O–H groups in total. The second-order valence-corrected chi connectivity index (χ2v) is 8.06. The summed E-state index contributed by atoms with van der Waals surface area (Å²) in [5, 5.41) is 7.73. The van der Waals surface area contributed by atoms with Crippen molar-refractivity contribution < 1.29 is 9.47 Å². The second kappa shape index (κ2) is 8.36. The van der Waals surface area contributed by atoms with E-state index in [1.165, 1.54) is 17.1 Å². The van der Waals surface area contributed by atoms with E-state index in [1.807, 2.05) is 12.3 Å². The van der Waals surface area contributed by atoms with E-state index in [0.717, 1.165) is 54.9 Å². The molecule has 2 aromatic rings. The topological polar surface area (TPSA) is 71.5 Å². The summed E-state index contributed by atoms with van der Waals surface area (Å²) in [6, 6.07) is 6.21. The Hall–Kier alpha value is -2.32. The van der Waals surface area contributed by atoms with Gasteiger partial charge in [-0.1, -0.05) is 6.07 Å². The maximum absolute atomic E-state index is 5.64. The summed E-state index contributed by atoms with van der Waals surface area (Å²) in [4.78, 5) is 6.85. The Labute approximate surface area is 169 Å². The van der Waals surface area contributed by atoms with Crippen LogP contribution in [0.3, 0.4) is 0 Å². The van der Waals surface area contributed by atoms with Gasteiger partial charge in [0.15, 0.2) is 17.3 Å². The molecule has 1 atom stereocenters. The van der Waals surface area contributed by atoms with Crippen LogP contribution in [0.4, 0.5) is 5.13 Å². The number of hydrogen-bond donors (Lipinski definition) is 2. The number of fused-ring (bicyclic) bond motifs is 1. The van der Waals surface area contributed by atoms with Gasteiger partial charge in [0.25, 0.3) is 0 Å². The zero-order valence-electron chi connectivity index (χ0n) is 16.4. The fourth-order valence-electron chi connectivity index (χ4n) is 3.19. The first-order valence-electron chi connectivity index (χ1n) is 9.74. The molecule has 1 unspecified atom stereocenters. The lowest BCUT2D eigenvalue weighted by Crippen LogP contribution is -2.42. The monoisotopic (exact) mass is 401 g/mol. The van der Waals surface area contributed by atoms with Crippen molar-refractivity contribution in [1.29, 1.82) is 0 Å². The smallest absolute Gasteiger partial charge is 0.205 e. The molecule has 0 radical (unpaired) electrons. The minimum Gasteiger partial charge on any atom is -0.486 e. The van der Waals surface area contributed by atoms with Gasteiger partial charge in [0.05, 0.1) is 0 Å². The molecule has 0 fully saturated rings. The molecular weight excluding hydrogens is 374 g/mol. The van der Waals surface area contributed by atoms with Crippen LogP contribution < -0.4 is 25.0 Å². The van der Waals surface area contributed by atoms with E-state index in [0.29, 0.717) is 13.2 Å². The van der Waals surface area contributed by atoms with Crippen LogP contribution in [-0.4, -0.2) is 49.3 Å². The van der Waals surface area contributed by atoms with Gasteiger partial charge < -0.3 is 25.0 Å². The molecule has 28 heavy (non-hydrogen) atoms. The van der Waals surface area contributed by atoms with Crippen LogP contribution in [0.25, 0.3) is 0 Å². The van der Waals surface area contributed by atoms with Crippen molar-refractivity contribution >= 4 is 16.7 Å². The number of aromatic nitrogens is 2. The van der Waals surface area contributed by atoms with Crippen molar-refractivity contribution in [3.63, 3.8) is 0 Å². The molecule has 3 heterocycles. The highest BCUT2D eigenvalue weighted by molar-refractivity contribution is 7.09. The van der Waals surface area contributed by atoms with E-state index < -0.39 is 0 Å². The Balaban J connectivity index is 1.15. The van der Waals surface area contributed by atoms with E-state index in [-0.39, 0.29) is 5.54 Å². The van der Waals surface area contributed by atoms with Crippen LogP contribution in [-0.2, 0) is 12.0 Å². The summed E-state index contributed by atoms with van der Waals surface area (Å²) in [5.41, 5.74) is 1.06. The minimum absolute atomic E-state index is 0.203. The average molecular weight is 402 g/mol. The molecule has 1 aromatic heterocycles. The van der Waals surface area contributed by atoms with Crippen LogP contribution in [0.2, 0.25) is 0 Å². The highest BCUT2D eigenvalue weighted by atomic mass is 32.1. The average Bonchev–Trinajstić information content (AvgIpc) is 3.19. The number of benzene rings is 1. The maximum Gasteiger partial charge on any atom is 0.205 e. The van der Waals surface area contributed by atoms with Gasteiger partial charge in [-0.25, -0.2) is 4.98 Å². The lowest BCUT2D eigenvalue weighted by molar-refractivity contribution is 0.171. The number of nitrogens with one attached hydrogen (secondary N) is 2. The first-order valence-corrected chi connectivity index (χ1v) is 10.5. The Morgan fingerprint density at radius 1 is 1.25 bits per heavy atom. The molecule has 8 heteroatoms. The fraction of sp³-hybridized carbons (Fsp3) is 0.500. The summed E-state index contributed by atoms with van der Waals surface area (Å²) in [7, 11) is 2.08. The lowest BCUT2D eigenvalue weighted by atomic mass is 9.97. The molecule has 0 spiro atoms. The zero-order chi connectivity index (χ0) is 19.4. The van der Waals surface area contributed by atoms with E-state index in [4.69, 9.17) is 9.47 Å². The summed E-state index contributed by atoms with van der Waals surface area (Å²) in [5.74, 6) is 2.56. The van der Waals surface area contributed by atoms with E-state index in [1.54, 1.807) is 0 Å². The molecule has 0 saturated heterocycles. The Kier molecular flexibility index (Phi) is 5.68. The van der Waals surface area contributed by atoms with Crippen LogP contribution in [0.5, 0.6) is 11.5 Å². The SMILES string of the molecule is CN(CCCNCCc1ccc2c(c1)OCCO2)c1nc(C2(C)C=CN2)ns1. The molecule has 0 amide bonds. The molecule has 0 bridgehead atoms. The largest absolute Gasteiger partial charge is 0.486 e. The number of rotatable bonds is 9. The van der Waals surface area contributed by atoms with Gasteiger partial charge in [-0.2, -0.15) is 4.37 Å². The first-order chi connectivity index (χ1) is 13.6. The van der Waals surface area contributed by atoms with E-state index in [9.17, 15) is 0 Å². The zero-order valence-corrected chi connectivity index (χ0v) is 17.2. The van der Waals surface area contributed by atoms with Crippen molar-refractivity contribution in [1.82, 2.24) is 20.0 Å². The van der Waals surface area contributed by atoms with Crippen LogP contribution >= 0.6 is 11.5 Å². The highest BCUT2D eigenvalue weighted by Crippen LogP contribution is 2.31. The lowest BCUT2D eigenvalue weighted by Gasteiger charge is -2.30. The quantitative estimate of drug-likeness (QED) is 0.625. The molecule has 2 aliphatic rings. The van der Waals surface area contributed by atoms with E-state index in [2.05, 4.69) is 57.1 Å². The Morgan fingerprint density at radius 3 is 2.86 bits per heavy atom. The molecule has 4 rings (SSSR count). The number of nitrogens with zero attached hydrogens (tertiary/aromatic N) is 3. The predicted octanol–water partition coefficient (Wildman–Crippen LogP) is 2.30. The molecule has 2 aliphatic heterocycles. The summed E-state index contributed by atoms with van der Waals surface area (Å²) in [6.07, 6.45) is 6.05. The van der Waals surface area contributed by atoms with Gasteiger partial charge >= 0.3 is 0 Å². The third-order valence-corrected chi connectivity index (χ3v) is 5.88. The third kappa shape index (κ3) is 4.23. The predicted molar refractivity (Wildman–Crippen MR) is 111 cm³/mol. The molecule has 7 nitrogen and oxygen atoms in total. The molecule has 0 aliphatic carbocycles. The molecular formula is C20H27N5O2S. The summed E-state index contributed by atoms with van der Waals surface area (Å²) >= 11 is 1.46. The van der Waals surface area contributed by atoms with Crippen LogP contribution in [0, 0.1) is 0 Å². The molecule has 150 valence electrons. The maximum atomic E-state index is 5.64. The van der Waals surface area contributed by atoms with Crippen molar-refractivity contribution in [3.8, 4) is 11.5 Å². The van der Waals surface area contributed by atoms with Gasteiger partial charge in [-0.15, -0.1) is 0 Å². The number of ether oxygens (including phenoxy) is 2. The van der Waals surface area contributed by atoms with Crippen molar-refractivity contribution in [3.05, 3.63) is 41.9 Å².